The molecule has 0 spiro atoms. The van der Waals surface area contributed by atoms with Crippen LogP contribution in [-0.2, 0) is 5.41 Å². The molecule has 0 amide bonds. The van der Waals surface area contributed by atoms with Crippen LogP contribution in [-0.4, -0.2) is 24.5 Å². The second kappa shape index (κ2) is 10.3. The van der Waals surface area contributed by atoms with Gasteiger partial charge in [0.25, 0.3) is 0 Å². The molecular weight excluding hydrogens is 603 g/mol. The van der Waals surface area contributed by atoms with Gasteiger partial charge in [-0.15, -0.1) is 0 Å². The highest BCUT2D eigenvalue weighted by atomic mass is 16.3. The zero-order valence-corrected chi connectivity index (χ0v) is 26.9. The maximum Gasteiger partial charge on any atom is 0.181 e. The summed E-state index contributed by atoms with van der Waals surface area (Å²) in [7, 11) is 0. The van der Waals surface area contributed by atoms with E-state index in [-0.39, 0.29) is 5.41 Å². The van der Waals surface area contributed by atoms with Gasteiger partial charge >= 0.3 is 0 Å². The van der Waals surface area contributed by atoms with Crippen molar-refractivity contribution in [2.75, 3.05) is 0 Å². The average molecular weight is 632 g/mol. The van der Waals surface area contributed by atoms with E-state index in [1.165, 1.54) is 27.6 Å². The summed E-state index contributed by atoms with van der Waals surface area (Å²) >= 11 is 0. The van der Waals surface area contributed by atoms with Crippen molar-refractivity contribution in [3.63, 3.8) is 0 Å². The molecule has 49 heavy (non-hydrogen) atoms. The summed E-state index contributed by atoms with van der Waals surface area (Å²) < 4.78 is 8.05. The Hall–Kier alpha value is -6.40. The fourth-order valence-electron chi connectivity index (χ4n) is 7.69. The normalized spacial score (nSPS) is 13.3. The van der Waals surface area contributed by atoms with E-state index in [9.17, 15) is 0 Å². The van der Waals surface area contributed by atoms with Crippen LogP contribution >= 0.6 is 0 Å². The van der Waals surface area contributed by atoms with E-state index in [1.54, 1.807) is 6.39 Å². The van der Waals surface area contributed by atoms with Crippen molar-refractivity contribution in [2.45, 2.75) is 19.3 Å². The lowest BCUT2D eigenvalue weighted by Crippen LogP contribution is -2.15. The summed E-state index contributed by atoms with van der Waals surface area (Å²) in [5, 5.41) is 2.31. The first-order valence-corrected chi connectivity index (χ1v) is 16.5. The Morgan fingerprint density at radius 3 is 1.94 bits per heavy atom. The van der Waals surface area contributed by atoms with Crippen LogP contribution in [0.15, 0.2) is 144 Å². The van der Waals surface area contributed by atoms with E-state index >= 15 is 0 Å². The third kappa shape index (κ3) is 4.14. The number of oxazole rings is 1. The largest absolute Gasteiger partial charge is 0.443 e. The fraction of sp³-hybridized carbons (Fsp3) is 0.0698. The Labute approximate surface area is 282 Å². The molecule has 1 aliphatic carbocycles. The molecule has 0 fully saturated rings. The van der Waals surface area contributed by atoms with Gasteiger partial charge in [-0.3, -0.25) is 0 Å². The fourth-order valence-corrected chi connectivity index (χ4v) is 7.69. The number of benzene rings is 6. The van der Waals surface area contributed by atoms with Crippen molar-refractivity contribution in [3.05, 3.63) is 151 Å². The lowest BCUT2D eigenvalue weighted by Gasteiger charge is -2.21. The maximum atomic E-state index is 5.69. The van der Waals surface area contributed by atoms with Crippen LogP contribution in [0, 0.1) is 0 Å². The van der Waals surface area contributed by atoms with Gasteiger partial charge < -0.3 is 8.98 Å². The summed E-state index contributed by atoms with van der Waals surface area (Å²) in [6, 6.07) is 46.4. The van der Waals surface area contributed by atoms with Gasteiger partial charge in [-0.25, -0.2) is 19.9 Å². The number of hydrogen-bond acceptors (Lipinski definition) is 5. The Bertz CT molecular complexity index is 2680. The maximum absolute atomic E-state index is 5.69. The quantitative estimate of drug-likeness (QED) is 0.193. The van der Waals surface area contributed by atoms with Crippen LogP contribution in [0.1, 0.15) is 25.0 Å². The van der Waals surface area contributed by atoms with Gasteiger partial charge in [-0.2, -0.15) is 0 Å². The third-order valence-electron chi connectivity index (χ3n) is 9.98. The molecule has 3 heterocycles. The zero-order chi connectivity index (χ0) is 32.7. The van der Waals surface area contributed by atoms with Gasteiger partial charge in [0.15, 0.2) is 29.4 Å². The SMILES string of the molecule is CC1(C)c2ccc(-n3c4ccccc4c4cc(-c5nc(-c6ccccc6)nc(-c6ccccc6)n5)ccc43)cc2-c2ccc3ocnc3c21. The minimum Gasteiger partial charge on any atom is -0.443 e. The number of rotatable bonds is 4. The summed E-state index contributed by atoms with van der Waals surface area (Å²) in [5.74, 6) is 1.94. The smallest absolute Gasteiger partial charge is 0.181 e. The van der Waals surface area contributed by atoms with Gasteiger partial charge in [0.2, 0.25) is 0 Å². The topological polar surface area (TPSA) is 69.6 Å². The van der Waals surface area contributed by atoms with Crippen molar-refractivity contribution in [1.29, 1.82) is 0 Å². The van der Waals surface area contributed by atoms with Crippen LogP contribution in [0.4, 0.5) is 0 Å². The molecule has 0 bridgehead atoms. The van der Waals surface area contributed by atoms with Crippen LogP contribution in [0.2, 0.25) is 0 Å². The molecule has 0 aliphatic heterocycles. The highest BCUT2D eigenvalue weighted by molar-refractivity contribution is 6.10. The zero-order valence-electron chi connectivity index (χ0n) is 26.9. The predicted molar refractivity (Wildman–Crippen MR) is 196 cm³/mol. The lowest BCUT2D eigenvalue weighted by molar-refractivity contribution is 0.602. The Balaban J connectivity index is 1.16. The first kappa shape index (κ1) is 27.7. The van der Waals surface area contributed by atoms with Crippen LogP contribution in [0.25, 0.3) is 83.9 Å². The minimum atomic E-state index is -0.197. The summed E-state index contributed by atoms with van der Waals surface area (Å²) in [6.45, 7) is 4.56. The second-order valence-corrected chi connectivity index (χ2v) is 13.2. The first-order valence-electron chi connectivity index (χ1n) is 16.5. The minimum absolute atomic E-state index is 0.197. The molecule has 0 saturated carbocycles. The molecule has 9 aromatic rings. The highest BCUT2D eigenvalue weighted by Crippen LogP contribution is 2.51. The van der Waals surface area contributed by atoms with Crippen molar-refractivity contribution in [3.8, 4) is 51.0 Å². The highest BCUT2D eigenvalue weighted by Gasteiger charge is 2.38. The molecule has 0 saturated heterocycles. The number of fused-ring (bicyclic) bond motifs is 8. The van der Waals surface area contributed by atoms with E-state index in [2.05, 4.69) is 90.1 Å². The summed E-state index contributed by atoms with van der Waals surface area (Å²) in [5.41, 5.74) is 12.7. The van der Waals surface area contributed by atoms with Gasteiger partial charge in [0.05, 0.1) is 11.0 Å². The van der Waals surface area contributed by atoms with Crippen LogP contribution in [0.5, 0.6) is 0 Å². The van der Waals surface area contributed by atoms with Gasteiger partial charge in [-0.1, -0.05) is 105 Å². The standard InChI is InChI=1S/C43H29N5O/c1-43(2)34-20-18-29(24-32(34)31-19-22-37-39(38(31)43)44-25-49-37)48-35-16-10-9-15-30(35)33-23-28(17-21-36(33)48)42-46-40(26-11-5-3-6-12-26)45-41(47-42)27-13-7-4-8-14-27/h3-25H,1-2H3. The molecule has 0 radical (unpaired) electrons. The van der Waals surface area contributed by atoms with Gasteiger partial charge in [-0.05, 0) is 64.7 Å². The molecule has 3 aromatic heterocycles. The van der Waals surface area contributed by atoms with Crippen molar-refractivity contribution in [1.82, 2.24) is 24.5 Å². The molecule has 0 atom stereocenters. The molecular formula is C43H29N5O. The first-order chi connectivity index (χ1) is 24.0. The molecule has 0 N–H and O–H groups in total. The average Bonchev–Trinajstić information content (AvgIpc) is 3.83. The molecule has 10 rings (SSSR count). The second-order valence-electron chi connectivity index (χ2n) is 13.2. The van der Waals surface area contributed by atoms with Gasteiger partial charge in [0, 0.05) is 38.6 Å². The van der Waals surface area contributed by atoms with E-state index in [0.717, 1.165) is 49.9 Å². The molecule has 232 valence electrons. The van der Waals surface area contributed by atoms with Crippen LogP contribution in [0.3, 0.4) is 0 Å². The van der Waals surface area contributed by atoms with E-state index in [4.69, 9.17) is 19.4 Å². The predicted octanol–water partition coefficient (Wildman–Crippen LogP) is 10.4. The number of aromatic nitrogens is 5. The Morgan fingerprint density at radius 2 is 1.20 bits per heavy atom. The number of nitrogens with zero attached hydrogens (tertiary/aromatic N) is 5. The molecule has 6 nitrogen and oxygen atoms in total. The summed E-state index contributed by atoms with van der Waals surface area (Å²) in [6.07, 6.45) is 1.55. The van der Waals surface area contributed by atoms with E-state index in [1.807, 2.05) is 66.7 Å². The van der Waals surface area contributed by atoms with Crippen molar-refractivity contribution >= 4 is 32.9 Å². The molecule has 0 unspecified atom stereocenters. The Morgan fingerprint density at radius 1 is 0.551 bits per heavy atom. The lowest BCUT2D eigenvalue weighted by atomic mass is 9.82. The van der Waals surface area contributed by atoms with E-state index < -0.39 is 0 Å². The number of hydrogen-bond donors (Lipinski definition) is 0. The molecule has 6 aromatic carbocycles. The number of para-hydroxylation sites is 1. The molecule has 6 heteroatoms. The molecule has 1 aliphatic rings. The Kier molecular flexibility index (Phi) is 5.82. The van der Waals surface area contributed by atoms with Crippen molar-refractivity contribution in [2.24, 2.45) is 0 Å². The third-order valence-corrected chi connectivity index (χ3v) is 9.98. The van der Waals surface area contributed by atoms with E-state index in [0.29, 0.717) is 17.5 Å². The summed E-state index contributed by atoms with van der Waals surface area (Å²) in [4.78, 5) is 19.5. The van der Waals surface area contributed by atoms with Crippen molar-refractivity contribution < 1.29 is 4.42 Å². The monoisotopic (exact) mass is 631 g/mol. The van der Waals surface area contributed by atoms with Gasteiger partial charge in [0.1, 0.15) is 5.52 Å². The van der Waals surface area contributed by atoms with Crippen LogP contribution < -0.4 is 0 Å².